The molecule has 0 fully saturated rings. The number of anilines is 1. The quantitative estimate of drug-likeness (QED) is 0.459. The fraction of sp³-hybridized carbons (Fsp3) is 0.222. The van der Waals surface area contributed by atoms with Crippen molar-refractivity contribution in [3.8, 4) is 11.5 Å². The lowest BCUT2D eigenvalue weighted by Gasteiger charge is -2.19. The molecule has 152 valence electrons. The van der Waals surface area contributed by atoms with Gasteiger partial charge in [-0.05, 0) is 19.1 Å². The summed E-state index contributed by atoms with van der Waals surface area (Å²) in [7, 11) is 0. The van der Waals surface area contributed by atoms with Crippen LogP contribution in [-0.4, -0.2) is 36.1 Å². The van der Waals surface area contributed by atoms with Crippen LogP contribution in [0.5, 0.6) is 11.5 Å². The molecule has 1 N–H and O–H groups in total. The van der Waals surface area contributed by atoms with Crippen LogP contribution in [0.1, 0.15) is 17.3 Å². The van der Waals surface area contributed by atoms with Crippen LogP contribution < -0.4 is 14.8 Å². The first-order chi connectivity index (χ1) is 13.8. The van der Waals surface area contributed by atoms with E-state index in [1.807, 2.05) is 0 Å². The number of hydrogen-bond acceptors (Lipinski definition) is 7. The van der Waals surface area contributed by atoms with Crippen molar-refractivity contribution in [2.75, 3.05) is 18.5 Å². The van der Waals surface area contributed by atoms with Crippen molar-refractivity contribution in [1.29, 1.82) is 0 Å². The van der Waals surface area contributed by atoms with Crippen LogP contribution in [0.2, 0.25) is 0 Å². The summed E-state index contributed by atoms with van der Waals surface area (Å²) in [6.45, 7) is 1.56. The van der Waals surface area contributed by atoms with Crippen molar-refractivity contribution >= 4 is 23.3 Å². The molecule has 0 unspecified atom stereocenters. The highest BCUT2D eigenvalue weighted by Crippen LogP contribution is 2.37. The molecule has 0 aromatic heterocycles. The Kier molecular flexibility index (Phi) is 5.57. The molecule has 29 heavy (non-hydrogen) atoms. The number of carbonyl (C=O) groups excluding carboxylic acids is 2. The Bertz CT molecular complexity index is 996. The minimum atomic E-state index is -1.46. The number of nitro benzene ring substituents is 1. The Morgan fingerprint density at radius 1 is 1.17 bits per heavy atom. The van der Waals surface area contributed by atoms with Gasteiger partial charge in [0.15, 0.2) is 17.6 Å². The Morgan fingerprint density at radius 2 is 1.83 bits per heavy atom. The predicted molar refractivity (Wildman–Crippen MR) is 94.0 cm³/mol. The van der Waals surface area contributed by atoms with Gasteiger partial charge < -0.3 is 19.5 Å². The number of amides is 1. The normalized spacial score (nSPS) is 13.3. The third-order valence-corrected chi connectivity index (χ3v) is 3.92. The summed E-state index contributed by atoms with van der Waals surface area (Å²) in [4.78, 5) is 35.0. The van der Waals surface area contributed by atoms with Crippen LogP contribution in [0.3, 0.4) is 0 Å². The van der Waals surface area contributed by atoms with Crippen molar-refractivity contribution in [3.05, 3.63) is 57.6 Å². The van der Waals surface area contributed by atoms with Crippen molar-refractivity contribution < 1.29 is 37.5 Å². The second-order valence-corrected chi connectivity index (χ2v) is 5.93. The van der Waals surface area contributed by atoms with Gasteiger partial charge in [-0.3, -0.25) is 14.9 Å². The third kappa shape index (κ3) is 4.39. The molecule has 1 amide bonds. The van der Waals surface area contributed by atoms with Crippen LogP contribution in [0.15, 0.2) is 30.3 Å². The van der Waals surface area contributed by atoms with E-state index in [1.54, 1.807) is 0 Å². The minimum Gasteiger partial charge on any atom is -0.486 e. The van der Waals surface area contributed by atoms with Crippen molar-refractivity contribution in [3.63, 3.8) is 0 Å². The van der Waals surface area contributed by atoms with Gasteiger partial charge in [0.1, 0.15) is 30.4 Å². The summed E-state index contributed by atoms with van der Waals surface area (Å²) in [6, 6.07) is 4.56. The second kappa shape index (κ2) is 8.09. The number of halogens is 2. The highest BCUT2D eigenvalue weighted by molar-refractivity contribution is 5.99. The van der Waals surface area contributed by atoms with E-state index in [2.05, 4.69) is 5.32 Å². The number of ether oxygens (including phenoxy) is 3. The van der Waals surface area contributed by atoms with Gasteiger partial charge in [-0.15, -0.1) is 0 Å². The van der Waals surface area contributed by atoms with E-state index in [1.165, 1.54) is 6.92 Å². The molecule has 9 nitrogen and oxygen atoms in total. The number of esters is 1. The number of hydrogen-bond donors (Lipinski definition) is 1. The lowest BCUT2D eigenvalue weighted by atomic mass is 10.1. The molecule has 11 heteroatoms. The molecule has 1 heterocycles. The van der Waals surface area contributed by atoms with Crippen LogP contribution in [-0.2, 0) is 9.53 Å². The maximum atomic E-state index is 13.6. The first kappa shape index (κ1) is 20.0. The number of benzene rings is 2. The van der Waals surface area contributed by atoms with E-state index in [-0.39, 0.29) is 24.7 Å². The number of carbonyl (C=O) groups is 2. The summed E-state index contributed by atoms with van der Waals surface area (Å²) in [6.07, 6.45) is -1.46. The van der Waals surface area contributed by atoms with E-state index < -0.39 is 51.5 Å². The number of nitrogens with one attached hydrogen (secondary N) is 1. The van der Waals surface area contributed by atoms with E-state index in [4.69, 9.17) is 14.2 Å². The molecular weight excluding hydrogens is 394 g/mol. The van der Waals surface area contributed by atoms with Crippen LogP contribution >= 0.6 is 0 Å². The smallest absolute Gasteiger partial charge is 0.346 e. The summed E-state index contributed by atoms with van der Waals surface area (Å²) < 4.78 is 42.3. The molecular formula is C18H14F2N2O7. The Hall–Kier alpha value is -3.76. The largest absolute Gasteiger partial charge is 0.486 e. The van der Waals surface area contributed by atoms with Gasteiger partial charge in [0.25, 0.3) is 11.6 Å². The number of fused-ring (bicyclic) bond motifs is 1. The summed E-state index contributed by atoms with van der Waals surface area (Å²) in [5.74, 6) is -3.57. The highest BCUT2D eigenvalue weighted by atomic mass is 19.1. The van der Waals surface area contributed by atoms with Gasteiger partial charge in [0.2, 0.25) is 0 Å². The summed E-state index contributed by atoms with van der Waals surface area (Å²) in [5, 5.41) is 13.4. The summed E-state index contributed by atoms with van der Waals surface area (Å²) in [5.41, 5.74) is -1.48. The van der Waals surface area contributed by atoms with Gasteiger partial charge in [0.05, 0.1) is 16.7 Å². The van der Waals surface area contributed by atoms with Crippen LogP contribution in [0, 0.1) is 21.7 Å². The van der Waals surface area contributed by atoms with E-state index >= 15 is 0 Å². The Morgan fingerprint density at radius 3 is 2.48 bits per heavy atom. The van der Waals surface area contributed by atoms with Crippen LogP contribution in [0.25, 0.3) is 0 Å². The molecule has 0 bridgehead atoms. The van der Waals surface area contributed by atoms with Gasteiger partial charge >= 0.3 is 5.97 Å². The third-order valence-electron chi connectivity index (χ3n) is 3.92. The minimum absolute atomic E-state index is 0.104. The molecule has 0 saturated carbocycles. The molecule has 0 spiro atoms. The topological polar surface area (TPSA) is 117 Å². The molecule has 2 aromatic rings. The van der Waals surface area contributed by atoms with Crippen molar-refractivity contribution in [2.45, 2.75) is 13.0 Å². The van der Waals surface area contributed by atoms with Gasteiger partial charge in [0, 0.05) is 12.1 Å². The zero-order valence-corrected chi connectivity index (χ0v) is 14.9. The fourth-order valence-electron chi connectivity index (χ4n) is 2.50. The standard InChI is InChI=1S/C18H14F2N2O7/c1-9(17(23)21-13-6-10(19)2-3-12(13)20)29-18(24)11-7-15-16(28-5-4-27-15)8-14(11)22(25)26/h2-3,6-9H,4-5H2,1H3,(H,21,23)/t9-/m1/s1. The predicted octanol–water partition coefficient (Wildman–Crippen LogP) is 2.83. The maximum absolute atomic E-state index is 13.6. The monoisotopic (exact) mass is 408 g/mol. The zero-order chi connectivity index (χ0) is 21.1. The highest BCUT2D eigenvalue weighted by Gasteiger charge is 2.29. The number of nitro groups is 1. The molecule has 0 aliphatic carbocycles. The fourth-order valence-corrected chi connectivity index (χ4v) is 2.50. The van der Waals surface area contributed by atoms with Crippen LogP contribution in [0.4, 0.5) is 20.2 Å². The van der Waals surface area contributed by atoms with Gasteiger partial charge in [-0.25, -0.2) is 13.6 Å². The second-order valence-electron chi connectivity index (χ2n) is 5.93. The van der Waals surface area contributed by atoms with Gasteiger partial charge in [-0.1, -0.05) is 0 Å². The first-order valence-electron chi connectivity index (χ1n) is 8.31. The Labute approximate surface area is 162 Å². The van der Waals surface area contributed by atoms with Gasteiger partial charge in [-0.2, -0.15) is 0 Å². The van der Waals surface area contributed by atoms with E-state index in [9.17, 15) is 28.5 Å². The molecule has 0 saturated heterocycles. The zero-order valence-electron chi connectivity index (χ0n) is 14.9. The molecule has 1 aliphatic heterocycles. The lowest BCUT2D eigenvalue weighted by Crippen LogP contribution is -2.30. The first-order valence-corrected chi connectivity index (χ1v) is 8.31. The Balaban J connectivity index is 1.77. The van der Waals surface area contributed by atoms with E-state index in [0.717, 1.165) is 30.3 Å². The SMILES string of the molecule is C[C@@H](OC(=O)c1cc2c(cc1[N+](=O)[O-])OCCO2)C(=O)Nc1cc(F)ccc1F. The molecule has 2 aromatic carbocycles. The van der Waals surface area contributed by atoms with E-state index in [0.29, 0.717) is 0 Å². The summed E-state index contributed by atoms with van der Waals surface area (Å²) >= 11 is 0. The average Bonchev–Trinajstić information content (AvgIpc) is 2.69. The molecule has 0 radical (unpaired) electrons. The molecule has 3 rings (SSSR count). The number of nitrogens with zero attached hydrogens (tertiary/aromatic N) is 1. The lowest BCUT2D eigenvalue weighted by molar-refractivity contribution is -0.385. The average molecular weight is 408 g/mol. The number of rotatable bonds is 5. The van der Waals surface area contributed by atoms with Crippen molar-refractivity contribution in [1.82, 2.24) is 0 Å². The molecule has 1 atom stereocenters. The molecule has 1 aliphatic rings. The maximum Gasteiger partial charge on any atom is 0.346 e. The van der Waals surface area contributed by atoms with Crippen molar-refractivity contribution in [2.24, 2.45) is 0 Å².